The van der Waals surface area contributed by atoms with E-state index < -0.39 is 0 Å². The van der Waals surface area contributed by atoms with Crippen LogP contribution in [0, 0.1) is 6.92 Å². The summed E-state index contributed by atoms with van der Waals surface area (Å²) in [7, 11) is 3.90. The van der Waals surface area contributed by atoms with Crippen molar-refractivity contribution in [1.29, 1.82) is 0 Å². The Morgan fingerprint density at radius 2 is 1.93 bits per heavy atom. The van der Waals surface area contributed by atoms with E-state index in [9.17, 15) is 4.79 Å². The van der Waals surface area contributed by atoms with Gasteiger partial charge < -0.3 is 15.2 Å². The molecular formula is C22H22N4O. The number of nitrogens with two attached hydrogens (primary N) is 1. The average Bonchev–Trinajstić information content (AvgIpc) is 2.92. The molecule has 2 aromatic carbocycles. The summed E-state index contributed by atoms with van der Waals surface area (Å²) < 4.78 is 2.18. The topological polar surface area (TPSA) is 64.2 Å². The standard InChI is InChI=1S/C22H22N4O/c1-14-18(17-6-4-5-7-20(17)26(14)3)13-25(2)22(27)16-8-10-19-15(12-16)9-11-21(23)24-19/h4-12H,13H2,1-3H3,(H2,23,24). The van der Waals surface area contributed by atoms with Gasteiger partial charge in [-0.05, 0) is 48.9 Å². The number of carbonyl (C=O) groups excluding carboxylic acids is 1. The second kappa shape index (κ2) is 6.43. The van der Waals surface area contributed by atoms with Gasteiger partial charge in [0.2, 0.25) is 0 Å². The molecule has 1 amide bonds. The summed E-state index contributed by atoms with van der Waals surface area (Å²) in [5, 5.41) is 2.10. The Morgan fingerprint density at radius 3 is 2.74 bits per heavy atom. The van der Waals surface area contributed by atoms with Gasteiger partial charge in [0.05, 0.1) is 5.52 Å². The minimum absolute atomic E-state index is 0.0129. The van der Waals surface area contributed by atoms with E-state index in [1.807, 2.05) is 43.4 Å². The largest absolute Gasteiger partial charge is 0.384 e. The van der Waals surface area contributed by atoms with Gasteiger partial charge in [-0.2, -0.15) is 0 Å². The number of para-hydroxylation sites is 1. The van der Waals surface area contributed by atoms with Crippen molar-refractivity contribution in [3.05, 3.63) is 71.4 Å². The molecule has 0 saturated carbocycles. The number of benzene rings is 2. The first-order valence-corrected chi connectivity index (χ1v) is 8.90. The average molecular weight is 358 g/mol. The summed E-state index contributed by atoms with van der Waals surface area (Å²) in [5.41, 5.74) is 10.7. The molecule has 0 unspecified atom stereocenters. The summed E-state index contributed by atoms with van der Waals surface area (Å²) in [6.45, 7) is 2.66. The lowest BCUT2D eigenvalue weighted by Gasteiger charge is -2.18. The van der Waals surface area contributed by atoms with Gasteiger partial charge in [-0.3, -0.25) is 4.79 Å². The molecular weight excluding hydrogens is 336 g/mol. The highest BCUT2D eigenvalue weighted by atomic mass is 16.2. The van der Waals surface area contributed by atoms with Gasteiger partial charge in [0.25, 0.3) is 5.91 Å². The summed E-state index contributed by atoms with van der Waals surface area (Å²) in [4.78, 5) is 19.0. The SMILES string of the molecule is Cc1c(CN(C)C(=O)c2ccc3nc(N)ccc3c2)c2ccccc2n1C. The molecule has 136 valence electrons. The lowest BCUT2D eigenvalue weighted by atomic mass is 10.1. The summed E-state index contributed by atoms with van der Waals surface area (Å²) >= 11 is 0. The smallest absolute Gasteiger partial charge is 0.253 e. The monoisotopic (exact) mass is 358 g/mol. The number of pyridine rings is 1. The molecule has 0 radical (unpaired) electrons. The highest BCUT2D eigenvalue weighted by Crippen LogP contribution is 2.26. The number of aromatic nitrogens is 2. The van der Waals surface area contributed by atoms with Gasteiger partial charge in [-0.15, -0.1) is 0 Å². The van der Waals surface area contributed by atoms with Crippen LogP contribution in [0.25, 0.3) is 21.8 Å². The zero-order valence-corrected chi connectivity index (χ0v) is 15.7. The zero-order chi connectivity index (χ0) is 19.1. The van der Waals surface area contributed by atoms with Crippen LogP contribution in [-0.2, 0) is 13.6 Å². The molecule has 0 spiro atoms. The number of amides is 1. The lowest BCUT2D eigenvalue weighted by molar-refractivity contribution is 0.0785. The number of aryl methyl sites for hydroxylation is 1. The number of hydrogen-bond acceptors (Lipinski definition) is 3. The van der Waals surface area contributed by atoms with Crippen molar-refractivity contribution in [2.45, 2.75) is 13.5 Å². The molecule has 0 aliphatic heterocycles. The van der Waals surface area contributed by atoms with Crippen LogP contribution < -0.4 is 5.73 Å². The van der Waals surface area contributed by atoms with E-state index in [0.717, 1.165) is 10.9 Å². The fraction of sp³-hybridized carbons (Fsp3) is 0.182. The third-order valence-electron chi connectivity index (χ3n) is 5.23. The van der Waals surface area contributed by atoms with Crippen LogP contribution in [0.15, 0.2) is 54.6 Å². The molecule has 5 nitrogen and oxygen atoms in total. The Bertz CT molecular complexity index is 1180. The quantitative estimate of drug-likeness (QED) is 0.604. The van der Waals surface area contributed by atoms with Gasteiger partial charge in [0.1, 0.15) is 5.82 Å². The Kier molecular flexibility index (Phi) is 4.07. The minimum atomic E-state index is -0.0129. The number of hydrogen-bond donors (Lipinski definition) is 1. The van der Waals surface area contributed by atoms with Crippen molar-refractivity contribution in [3.63, 3.8) is 0 Å². The summed E-state index contributed by atoms with van der Waals surface area (Å²) in [5.74, 6) is 0.464. The van der Waals surface area contributed by atoms with Crippen LogP contribution in [0.1, 0.15) is 21.6 Å². The fourth-order valence-corrected chi connectivity index (χ4v) is 3.60. The van der Waals surface area contributed by atoms with Crippen molar-refractivity contribution < 1.29 is 4.79 Å². The van der Waals surface area contributed by atoms with Crippen LogP contribution in [0.3, 0.4) is 0 Å². The van der Waals surface area contributed by atoms with Crippen LogP contribution in [0.5, 0.6) is 0 Å². The van der Waals surface area contributed by atoms with Gasteiger partial charge in [-0.25, -0.2) is 4.98 Å². The van der Waals surface area contributed by atoms with Crippen LogP contribution in [0.2, 0.25) is 0 Å². The summed E-state index contributed by atoms with van der Waals surface area (Å²) in [6.07, 6.45) is 0. The van der Waals surface area contributed by atoms with Gasteiger partial charge in [0.15, 0.2) is 0 Å². The number of rotatable bonds is 3. The van der Waals surface area contributed by atoms with Crippen LogP contribution >= 0.6 is 0 Å². The van der Waals surface area contributed by atoms with E-state index >= 15 is 0 Å². The molecule has 2 heterocycles. The third kappa shape index (κ3) is 2.91. The van der Waals surface area contributed by atoms with E-state index in [-0.39, 0.29) is 5.91 Å². The maximum atomic E-state index is 13.0. The first kappa shape index (κ1) is 17.1. The van der Waals surface area contributed by atoms with Gasteiger partial charge >= 0.3 is 0 Å². The van der Waals surface area contributed by atoms with E-state index in [4.69, 9.17) is 5.73 Å². The molecule has 4 aromatic rings. The van der Waals surface area contributed by atoms with Gasteiger partial charge in [-0.1, -0.05) is 18.2 Å². The number of nitrogens with zero attached hydrogens (tertiary/aromatic N) is 3. The molecule has 0 aliphatic rings. The number of nitrogen functional groups attached to an aromatic ring is 1. The molecule has 0 fully saturated rings. The maximum absolute atomic E-state index is 13.0. The van der Waals surface area contributed by atoms with Crippen molar-refractivity contribution in [3.8, 4) is 0 Å². The molecule has 4 rings (SSSR count). The van der Waals surface area contributed by atoms with Gasteiger partial charge in [0, 0.05) is 48.2 Å². The van der Waals surface area contributed by atoms with Crippen LogP contribution in [0.4, 0.5) is 5.82 Å². The first-order chi connectivity index (χ1) is 13.0. The van der Waals surface area contributed by atoms with Crippen LogP contribution in [-0.4, -0.2) is 27.4 Å². The van der Waals surface area contributed by atoms with E-state index in [1.54, 1.807) is 11.0 Å². The number of carbonyl (C=O) groups is 1. The maximum Gasteiger partial charge on any atom is 0.253 e. The zero-order valence-electron chi connectivity index (χ0n) is 15.7. The second-order valence-corrected chi connectivity index (χ2v) is 6.94. The Morgan fingerprint density at radius 1 is 1.15 bits per heavy atom. The highest BCUT2D eigenvalue weighted by molar-refractivity contribution is 5.98. The molecule has 0 bridgehead atoms. The predicted molar refractivity (Wildman–Crippen MR) is 110 cm³/mol. The predicted octanol–water partition coefficient (Wildman–Crippen LogP) is 3.89. The second-order valence-electron chi connectivity index (χ2n) is 6.94. The Balaban J connectivity index is 1.66. The summed E-state index contributed by atoms with van der Waals surface area (Å²) in [6, 6.07) is 17.5. The van der Waals surface area contributed by atoms with E-state index in [2.05, 4.69) is 35.7 Å². The Hall–Kier alpha value is -3.34. The number of fused-ring (bicyclic) bond motifs is 2. The molecule has 2 N–H and O–H groups in total. The lowest BCUT2D eigenvalue weighted by Crippen LogP contribution is -2.26. The van der Waals surface area contributed by atoms with Crippen molar-refractivity contribution in [1.82, 2.24) is 14.5 Å². The molecule has 27 heavy (non-hydrogen) atoms. The highest BCUT2D eigenvalue weighted by Gasteiger charge is 2.17. The van der Waals surface area contributed by atoms with E-state index in [1.165, 1.54) is 22.2 Å². The molecule has 2 aromatic heterocycles. The fourth-order valence-electron chi connectivity index (χ4n) is 3.60. The molecule has 0 saturated heterocycles. The molecule has 0 atom stereocenters. The molecule has 5 heteroatoms. The first-order valence-electron chi connectivity index (χ1n) is 8.90. The van der Waals surface area contributed by atoms with E-state index in [0.29, 0.717) is 17.9 Å². The Labute approximate surface area is 158 Å². The van der Waals surface area contributed by atoms with Crippen molar-refractivity contribution in [2.75, 3.05) is 12.8 Å². The normalized spacial score (nSPS) is 11.2. The molecule has 0 aliphatic carbocycles. The van der Waals surface area contributed by atoms with Crippen molar-refractivity contribution in [2.24, 2.45) is 7.05 Å². The number of anilines is 1. The minimum Gasteiger partial charge on any atom is -0.384 e. The third-order valence-corrected chi connectivity index (χ3v) is 5.23. The van der Waals surface area contributed by atoms with Crippen molar-refractivity contribution >= 4 is 33.5 Å².